The number of hydrogen-bond acceptors (Lipinski definition) is 3. The molecule has 1 aliphatic rings. The molecule has 0 aromatic carbocycles. The van der Waals surface area contributed by atoms with Crippen LogP contribution in [-0.4, -0.2) is 24.4 Å². The van der Waals surface area contributed by atoms with E-state index >= 15 is 0 Å². The summed E-state index contributed by atoms with van der Waals surface area (Å²) in [7, 11) is 1.69. The van der Waals surface area contributed by atoms with Gasteiger partial charge in [-0.2, -0.15) is 0 Å². The zero-order valence-corrected chi connectivity index (χ0v) is 16.6. The Labute approximate surface area is 149 Å². The van der Waals surface area contributed by atoms with Crippen LogP contribution in [0.4, 0.5) is 0 Å². The quantitative estimate of drug-likeness (QED) is 0.481. The van der Waals surface area contributed by atoms with Gasteiger partial charge in [0.05, 0.1) is 0 Å². The molecular weight excluding hydrogens is 376 g/mol. The molecule has 0 aromatic rings. The summed E-state index contributed by atoms with van der Waals surface area (Å²) in [6, 6.07) is 0. The minimum Gasteiger partial charge on any atom is -1.00 e. The van der Waals surface area contributed by atoms with Crippen molar-refractivity contribution in [2.45, 2.75) is 39.7 Å². The SMILES string of the molecule is COC(C)=C1C=C(CCO)C(NC(C)(C)C)=[C]1[Zr+2].[Cl-].[Cl-]. The van der Waals surface area contributed by atoms with E-state index < -0.39 is 0 Å². The molecule has 0 unspecified atom stereocenters. The molecule has 0 aromatic heterocycles. The summed E-state index contributed by atoms with van der Waals surface area (Å²) < 4.78 is 6.61. The number of hydrogen-bond donors (Lipinski definition) is 2. The van der Waals surface area contributed by atoms with Gasteiger partial charge in [-0.3, -0.25) is 0 Å². The van der Waals surface area contributed by atoms with Crippen LogP contribution in [0, 0.1) is 0 Å². The largest absolute Gasteiger partial charge is 1.00 e. The van der Waals surface area contributed by atoms with Gasteiger partial charge in [-0.25, -0.2) is 0 Å². The molecule has 0 amide bonds. The molecule has 0 atom stereocenters. The predicted molar refractivity (Wildman–Crippen MR) is 69.4 cm³/mol. The summed E-state index contributed by atoms with van der Waals surface area (Å²) in [6.45, 7) is 8.58. The van der Waals surface area contributed by atoms with Gasteiger partial charge in [0.15, 0.2) is 0 Å². The maximum absolute atomic E-state index is 9.18. The number of nitrogens with one attached hydrogen (secondary N) is 1. The molecule has 0 aliphatic heterocycles. The standard InChI is InChI=1S/C14H22NO2.2ClH.Zr/c1-10(17-5)12-8-11(6-7-16)13(9-12)15-14(2,3)4;;;/h8,15-16H,6-7H2,1-5H3;2*1H;/q;;;+2/p-2. The van der Waals surface area contributed by atoms with Crippen molar-refractivity contribution in [2.24, 2.45) is 0 Å². The summed E-state index contributed by atoms with van der Waals surface area (Å²) in [6.07, 6.45) is 2.81. The zero-order chi connectivity index (χ0) is 13.9. The summed E-state index contributed by atoms with van der Waals surface area (Å²) in [4.78, 5) is 0. The summed E-state index contributed by atoms with van der Waals surface area (Å²) in [5.41, 5.74) is 3.51. The normalized spacial score (nSPS) is 17.1. The second kappa shape index (κ2) is 9.30. The number of ether oxygens (including phenoxy) is 1. The zero-order valence-electron chi connectivity index (χ0n) is 12.6. The molecule has 2 N–H and O–H groups in total. The van der Waals surface area contributed by atoms with Gasteiger partial charge in [-0.05, 0) is 0 Å². The van der Waals surface area contributed by atoms with E-state index in [4.69, 9.17) is 4.74 Å². The van der Waals surface area contributed by atoms with E-state index in [1.54, 1.807) is 7.11 Å². The average Bonchev–Trinajstić information content (AvgIpc) is 2.55. The molecule has 0 saturated heterocycles. The van der Waals surface area contributed by atoms with Crippen LogP contribution in [0.15, 0.2) is 32.0 Å². The average molecular weight is 398 g/mol. The number of halogens is 2. The molecule has 1 rings (SSSR count). The third-order valence-electron chi connectivity index (χ3n) is 2.73. The van der Waals surface area contributed by atoms with Crippen LogP contribution >= 0.6 is 0 Å². The van der Waals surface area contributed by atoms with Gasteiger partial charge in [0.2, 0.25) is 0 Å². The van der Waals surface area contributed by atoms with Crippen LogP contribution in [0.1, 0.15) is 34.1 Å². The van der Waals surface area contributed by atoms with Crippen LogP contribution in [0.25, 0.3) is 0 Å². The Morgan fingerprint density at radius 3 is 2.30 bits per heavy atom. The third kappa shape index (κ3) is 5.93. The number of aliphatic hydroxyl groups excluding tert-OH is 1. The molecule has 0 saturated carbocycles. The first-order valence-electron chi connectivity index (χ1n) is 6.11. The van der Waals surface area contributed by atoms with E-state index in [0.29, 0.717) is 6.42 Å². The van der Waals surface area contributed by atoms with Gasteiger partial charge < -0.3 is 24.8 Å². The Bertz CT molecular complexity index is 423. The van der Waals surface area contributed by atoms with Gasteiger partial charge in [-0.1, -0.05) is 0 Å². The van der Waals surface area contributed by atoms with Crippen molar-refractivity contribution in [3.63, 3.8) is 0 Å². The van der Waals surface area contributed by atoms with Gasteiger partial charge in [-0.15, -0.1) is 0 Å². The molecular formula is C14H22Cl2NO2Zr. The first kappa shape index (κ1) is 22.5. The molecule has 113 valence electrons. The molecule has 0 bridgehead atoms. The molecule has 3 nitrogen and oxygen atoms in total. The van der Waals surface area contributed by atoms with Crippen LogP contribution in [0.5, 0.6) is 0 Å². The number of aliphatic hydroxyl groups is 1. The van der Waals surface area contributed by atoms with Gasteiger partial charge in [0.25, 0.3) is 0 Å². The van der Waals surface area contributed by atoms with Gasteiger partial charge in [0.1, 0.15) is 0 Å². The maximum atomic E-state index is 9.18. The van der Waals surface area contributed by atoms with E-state index in [-0.39, 0.29) is 37.0 Å². The maximum Gasteiger partial charge on any atom is -1.00 e. The molecule has 0 fully saturated rings. The molecule has 0 spiro atoms. The smallest absolute Gasteiger partial charge is 1.00 e. The minimum atomic E-state index is 0. The van der Waals surface area contributed by atoms with Crippen molar-refractivity contribution < 1.29 is 59.4 Å². The third-order valence-corrected chi connectivity index (χ3v) is 4.00. The van der Waals surface area contributed by atoms with Crippen LogP contribution in [-0.2, 0) is 29.5 Å². The van der Waals surface area contributed by atoms with Crippen molar-refractivity contribution in [1.29, 1.82) is 0 Å². The molecule has 6 heteroatoms. The number of allylic oxidation sites excluding steroid dienone is 5. The van der Waals surface area contributed by atoms with Crippen LogP contribution < -0.4 is 30.1 Å². The molecule has 20 heavy (non-hydrogen) atoms. The van der Waals surface area contributed by atoms with E-state index in [1.165, 1.54) is 39.3 Å². The van der Waals surface area contributed by atoms with Crippen LogP contribution in [0.3, 0.4) is 0 Å². The van der Waals surface area contributed by atoms with Crippen molar-refractivity contribution in [1.82, 2.24) is 5.32 Å². The monoisotopic (exact) mass is 396 g/mol. The second-order valence-electron chi connectivity index (χ2n) is 5.44. The van der Waals surface area contributed by atoms with E-state index in [9.17, 15) is 5.11 Å². The van der Waals surface area contributed by atoms with Crippen molar-refractivity contribution in [3.8, 4) is 0 Å². The van der Waals surface area contributed by atoms with Crippen LogP contribution in [0.2, 0.25) is 0 Å². The van der Waals surface area contributed by atoms with E-state index in [0.717, 1.165) is 11.3 Å². The van der Waals surface area contributed by atoms with Gasteiger partial charge >= 0.3 is 125 Å². The second-order valence-corrected chi connectivity index (χ2v) is 6.67. The Morgan fingerprint density at radius 1 is 1.35 bits per heavy atom. The number of rotatable bonds is 4. The fraction of sp³-hybridized carbons (Fsp3) is 0.571. The Balaban J connectivity index is 0. The predicted octanol–water partition coefficient (Wildman–Crippen LogP) is -3.62. The van der Waals surface area contributed by atoms with Crippen molar-refractivity contribution in [3.05, 3.63) is 32.0 Å². The summed E-state index contributed by atoms with van der Waals surface area (Å²) in [5.74, 6) is 0.933. The topological polar surface area (TPSA) is 41.5 Å². The summed E-state index contributed by atoms with van der Waals surface area (Å²) >= 11 is 1.36. The Morgan fingerprint density at radius 2 is 1.90 bits per heavy atom. The van der Waals surface area contributed by atoms with E-state index in [1.807, 2.05) is 6.92 Å². The summed E-state index contributed by atoms with van der Waals surface area (Å²) in [5, 5.41) is 12.7. The molecule has 0 heterocycles. The first-order valence-corrected chi connectivity index (χ1v) is 7.34. The Kier molecular flexibility index (Phi) is 10.5. The molecule has 0 radical (unpaired) electrons. The van der Waals surface area contributed by atoms with Gasteiger partial charge in [0, 0.05) is 0 Å². The Hall–Kier alpha value is 0.243. The first-order chi connectivity index (χ1) is 8.30. The van der Waals surface area contributed by atoms with E-state index in [2.05, 4.69) is 32.2 Å². The van der Waals surface area contributed by atoms with Crippen molar-refractivity contribution >= 4 is 0 Å². The fourth-order valence-corrected chi connectivity index (χ4v) is 3.00. The minimum absolute atomic E-state index is 0. The van der Waals surface area contributed by atoms with Crippen molar-refractivity contribution in [2.75, 3.05) is 13.7 Å². The molecule has 1 aliphatic carbocycles. The number of methoxy groups -OCH3 is 1. The fourth-order valence-electron chi connectivity index (χ4n) is 1.84.